The summed E-state index contributed by atoms with van der Waals surface area (Å²) in [4.78, 5) is 17.9. The fourth-order valence-corrected chi connectivity index (χ4v) is 1.95. The molecule has 5 heteroatoms. The van der Waals surface area contributed by atoms with Gasteiger partial charge in [0.25, 0.3) is 5.91 Å². The van der Waals surface area contributed by atoms with E-state index in [2.05, 4.69) is 10.3 Å². The number of amides is 1. The van der Waals surface area contributed by atoms with E-state index in [1.165, 1.54) is 0 Å². The number of likely N-dealkylation sites (tertiary alicyclic amines) is 1. The molecule has 0 saturated carbocycles. The SMILES string of the molecule is CCNc1cc(C(=O)N2CCC(O)C2)ccn1. The van der Waals surface area contributed by atoms with Crippen LogP contribution in [-0.4, -0.2) is 46.6 Å². The van der Waals surface area contributed by atoms with Gasteiger partial charge in [0.1, 0.15) is 5.82 Å². The third-order valence-electron chi connectivity index (χ3n) is 2.82. The van der Waals surface area contributed by atoms with Crippen molar-refractivity contribution >= 4 is 11.7 Å². The van der Waals surface area contributed by atoms with Gasteiger partial charge in [-0.05, 0) is 25.5 Å². The predicted octanol–water partition coefficient (Wildman–Crippen LogP) is 0.720. The van der Waals surface area contributed by atoms with Crippen LogP contribution in [0.15, 0.2) is 18.3 Å². The van der Waals surface area contributed by atoms with Crippen molar-refractivity contribution in [1.29, 1.82) is 0 Å². The number of carbonyl (C=O) groups is 1. The van der Waals surface area contributed by atoms with Crippen molar-refractivity contribution in [3.05, 3.63) is 23.9 Å². The molecule has 1 aromatic rings. The fraction of sp³-hybridized carbons (Fsp3) is 0.500. The van der Waals surface area contributed by atoms with E-state index in [4.69, 9.17) is 0 Å². The zero-order chi connectivity index (χ0) is 12.3. The number of aliphatic hydroxyl groups excluding tert-OH is 1. The van der Waals surface area contributed by atoms with Crippen molar-refractivity contribution in [3.63, 3.8) is 0 Å². The van der Waals surface area contributed by atoms with Crippen LogP contribution in [0.5, 0.6) is 0 Å². The van der Waals surface area contributed by atoms with Gasteiger partial charge in [-0.1, -0.05) is 0 Å². The largest absolute Gasteiger partial charge is 0.391 e. The molecule has 2 N–H and O–H groups in total. The van der Waals surface area contributed by atoms with Gasteiger partial charge in [0.15, 0.2) is 0 Å². The molecule has 92 valence electrons. The van der Waals surface area contributed by atoms with E-state index in [0.717, 1.165) is 6.54 Å². The van der Waals surface area contributed by atoms with Crippen LogP contribution >= 0.6 is 0 Å². The number of β-amino-alcohol motifs (C(OH)–C–C–N with tert-alkyl or cyclic N) is 1. The van der Waals surface area contributed by atoms with Crippen LogP contribution in [0, 0.1) is 0 Å². The smallest absolute Gasteiger partial charge is 0.254 e. The topological polar surface area (TPSA) is 65.5 Å². The number of hydrogen-bond acceptors (Lipinski definition) is 4. The van der Waals surface area contributed by atoms with Gasteiger partial charge in [-0.3, -0.25) is 4.79 Å². The van der Waals surface area contributed by atoms with Crippen molar-refractivity contribution in [2.24, 2.45) is 0 Å². The lowest BCUT2D eigenvalue weighted by Crippen LogP contribution is -2.29. The van der Waals surface area contributed by atoms with Crippen LogP contribution in [0.4, 0.5) is 5.82 Å². The molecule has 0 radical (unpaired) electrons. The molecule has 1 amide bonds. The lowest BCUT2D eigenvalue weighted by atomic mass is 10.2. The number of rotatable bonds is 3. The van der Waals surface area contributed by atoms with E-state index >= 15 is 0 Å². The summed E-state index contributed by atoms with van der Waals surface area (Å²) in [5.41, 5.74) is 0.616. The van der Waals surface area contributed by atoms with E-state index < -0.39 is 0 Å². The first kappa shape index (κ1) is 11.9. The van der Waals surface area contributed by atoms with Gasteiger partial charge in [0.2, 0.25) is 0 Å². The van der Waals surface area contributed by atoms with Gasteiger partial charge in [0.05, 0.1) is 6.10 Å². The maximum Gasteiger partial charge on any atom is 0.254 e. The number of pyridine rings is 1. The van der Waals surface area contributed by atoms with Crippen molar-refractivity contribution in [2.75, 3.05) is 25.0 Å². The Bertz CT molecular complexity index is 408. The fourth-order valence-electron chi connectivity index (χ4n) is 1.95. The maximum absolute atomic E-state index is 12.1. The highest BCUT2D eigenvalue weighted by atomic mass is 16.3. The van der Waals surface area contributed by atoms with Gasteiger partial charge < -0.3 is 15.3 Å². The number of nitrogens with zero attached hydrogens (tertiary/aromatic N) is 2. The number of hydrogen-bond donors (Lipinski definition) is 2. The van der Waals surface area contributed by atoms with Crippen LogP contribution in [-0.2, 0) is 0 Å². The molecular weight excluding hydrogens is 218 g/mol. The Morgan fingerprint density at radius 3 is 3.18 bits per heavy atom. The molecule has 1 unspecified atom stereocenters. The molecule has 17 heavy (non-hydrogen) atoms. The highest BCUT2D eigenvalue weighted by Crippen LogP contribution is 2.15. The average molecular weight is 235 g/mol. The Morgan fingerprint density at radius 1 is 1.71 bits per heavy atom. The lowest BCUT2D eigenvalue weighted by Gasteiger charge is -2.15. The Morgan fingerprint density at radius 2 is 2.53 bits per heavy atom. The summed E-state index contributed by atoms with van der Waals surface area (Å²) in [6, 6.07) is 3.45. The van der Waals surface area contributed by atoms with Gasteiger partial charge in [-0.2, -0.15) is 0 Å². The van der Waals surface area contributed by atoms with E-state index in [1.54, 1.807) is 23.2 Å². The summed E-state index contributed by atoms with van der Waals surface area (Å²) in [6.45, 7) is 3.80. The Labute approximate surface area is 100 Å². The normalized spacial score (nSPS) is 19.4. The lowest BCUT2D eigenvalue weighted by molar-refractivity contribution is 0.0765. The van der Waals surface area contributed by atoms with Gasteiger partial charge in [0, 0.05) is 31.4 Å². The van der Waals surface area contributed by atoms with E-state index in [-0.39, 0.29) is 12.0 Å². The van der Waals surface area contributed by atoms with Crippen LogP contribution in [0.2, 0.25) is 0 Å². The minimum Gasteiger partial charge on any atom is -0.391 e. The molecule has 1 fully saturated rings. The van der Waals surface area contributed by atoms with Crippen molar-refractivity contribution in [1.82, 2.24) is 9.88 Å². The second-order valence-corrected chi connectivity index (χ2v) is 4.15. The van der Waals surface area contributed by atoms with Crippen LogP contribution in [0.25, 0.3) is 0 Å². The molecule has 1 aliphatic heterocycles. The predicted molar refractivity (Wildman–Crippen MR) is 64.9 cm³/mol. The summed E-state index contributed by atoms with van der Waals surface area (Å²) in [5.74, 6) is 0.668. The number of aliphatic hydroxyl groups is 1. The Kier molecular flexibility index (Phi) is 3.58. The zero-order valence-corrected chi connectivity index (χ0v) is 9.89. The summed E-state index contributed by atoms with van der Waals surface area (Å²) < 4.78 is 0. The summed E-state index contributed by atoms with van der Waals surface area (Å²) >= 11 is 0. The first-order valence-electron chi connectivity index (χ1n) is 5.88. The molecule has 0 bridgehead atoms. The first-order valence-corrected chi connectivity index (χ1v) is 5.88. The quantitative estimate of drug-likeness (QED) is 0.810. The molecule has 1 aromatic heterocycles. The molecule has 1 saturated heterocycles. The monoisotopic (exact) mass is 235 g/mol. The molecule has 2 rings (SSSR count). The first-order chi connectivity index (χ1) is 8.20. The van der Waals surface area contributed by atoms with Gasteiger partial charge >= 0.3 is 0 Å². The zero-order valence-electron chi connectivity index (χ0n) is 9.89. The molecule has 0 aromatic carbocycles. The third kappa shape index (κ3) is 2.74. The number of anilines is 1. The second-order valence-electron chi connectivity index (χ2n) is 4.15. The molecule has 2 heterocycles. The van der Waals surface area contributed by atoms with Gasteiger partial charge in [-0.15, -0.1) is 0 Å². The number of nitrogens with one attached hydrogen (secondary N) is 1. The molecule has 5 nitrogen and oxygen atoms in total. The molecule has 0 aliphatic carbocycles. The molecular formula is C12H17N3O2. The van der Waals surface area contributed by atoms with Crippen LogP contribution in [0.1, 0.15) is 23.7 Å². The summed E-state index contributed by atoms with van der Waals surface area (Å²) in [5, 5.41) is 12.5. The van der Waals surface area contributed by atoms with E-state index in [1.807, 2.05) is 6.92 Å². The number of aromatic nitrogens is 1. The van der Waals surface area contributed by atoms with Crippen molar-refractivity contribution in [3.8, 4) is 0 Å². The van der Waals surface area contributed by atoms with E-state index in [9.17, 15) is 9.90 Å². The van der Waals surface area contributed by atoms with Crippen molar-refractivity contribution < 1.29 is 9.90 Å². The highest BCUT2D eigenvalue weighted by molar-refractivity contribution is 5.95. The Hall–Kier alpha value is -1.62. The summed E-state index contributed by atoms with van der Waals surface area (Å²) in [7, 11) is 0. The minimum absolute atomic E-state index is 0.0388. The average Bonchev–Trinajstić information content (AvgIpc) is 2.76. The minimum atomic E-state index is -0.381. The maximum atomic E-state index is 12.1. The van der Waals surface area contributed by atoms with Gasteiger partial charge in [-0.25, -0.2) is 4.98 Å². The van der Waals surface area contributed by atoms with Crippen LogP contribution in [0.3, 0.4) is 0 Å². The van der Waals surface area contributed by atoms with Crippen LogP contribution < -0.4 is 5.32 Å². The standard InChI is InChI=1S/C12H17N3O2/c1-2-13-11-7-9(3-5-14-11)12(17)15-6-4-10(16)8-15/h3,5,7,10,16H,2,4,6,8H2,1H3,(H,13,14). The van der Waals surface area contributed by atoms with E-state index in [0.29, 0.717) is 30.9 Å². The Balaban J connectivity index is 2.10. The second kappa shape index (κ2) is 5.14. The molecule has 0 spiro atoms. The summed E-state index contributed by atoms with van der Waals surface area (Å²) in [6.07, 6.45) is 1.91. The molecule has 1 atom stereocenters. The highest BCUT2D eigenvalue weighted by Gasteiger charge is 2.25. The third-order valence-corrected chi connectivity index (χ3v) is 2.82. The molecule has 1 aliphatic rings. The van der Waals surface area contributed by atoms with Crippen molar-refractivity contribution in [2.45, 2.75) is 19.4 Å². The number of carbonyl (C=O) groups excluding carboxylic acids is 1.